The summed E-state index contributed by atoms with van der Waals surface area (Å²) in [5, 5.41) is 3.29. The highest BCUT2D eigenvalue weighted by molar-refractivity contribution is 6.63. The summed E-state index contributed by atoms with van der Waals surface area (Å²) in [6.07, 6.45) is 3.57. The summed E-state index contributed by atoms with van der Waals surface area (Å²) in [4.78, 5) is 4.13. The second-order valence-electron chi connectivity index (χ2n) is 5.58. The lowest BCUT2D eigenvalue weighted by Crippen LogP contribution is -2.41. The van der Waals surface area contributed by atoms with Crippen LogP contribution in [-0.4, -0.2) is 29.8 Å². The van der Waals surface area contributed by atoms with Gasteiger partial charge in [-0.05, 0) is 40.7 Å². The van der Waals surface area contributed by atoms with E-state index in [1.165, 1.54) is 0 Å². The predicted molar refractivity (Wildman–Crippen MR) is 74.1 cm³/mol. The molecule has 0 bridgehead atoms. The topological polar surface area (TPSA) is 43.4 Å². The number of anilines is 1. The van der Waals surface area contributed by atoms with Gasteiger partial charge >= 0.3 is 7.12 Å². The van der Waals surface area contributed by atoms with Crippen molar-refractivity contribution in [2.75, 3.05) is 11.9 Å². The van der Waals surface area contributed by atoms with Crippen LogP contribution < -0.4 is 10.8 Å². The van der Waals surface area contributed by atoms with Crippen molar-refractivity contribution < 1.29 is 9.31 Å². The fourth-order valence-corrected chi connectivity index (χ4v) is 1.92. The Morgan fingerprint density at radius 2 is 1.83 bits per heavy atom. The zero-order valence-corrected chi connectivity index (χ0v) is 11.8. The van der Waals surface area contributed by atoms with Crippen molar-refractivity contribution in [3.05, 3.63) is 18.5 Å². The standard InChI is InChI=1S/C13H21BN2O2/c1-6-16-11-9-15-8-7-10(11)14-17-12(2,3)13(4,5)18-14/h7-9,16H,6H2,1-5H3. The number of hydrogen-bond acceptors (Lipinski definition) is 4. The van der Waals surface area contributed by atoms with Gasteiger partial charge in [0.15, 0.2) is 0 Å². The molecule has 0 unspecified atom stereocenters. The third-order valence-corrected chi connectivity index (χ3v) is 3.73. The molecule has 5 heteroatoms. The molecule has 0 aromatic carbocycles. The molecule has 2 heterocycles. The van der Waals surface area contributed by atoms with Gasteiger partial charge in [-0.1, -0.05) is 0 Å². The summed E-state index contributed by atoms with van der Waals surface area (Å²) in [7, 11) is -0.341. The van der Waals surface area contributed by atoms with Crippen LogP contribution in [0.1, 0.15) is 34.6 Å². The molecule has 18 heavy (non-hydrogen) atoms. The first-order valence-corrected chi connectivity index (χ1v) is 6.41. The minimum Gasteiger partial charge on any atom is -0.399 e. The van der Waals surface area contributed by atoms with E-state index >= 15 is 0 Å². The Balaban J connectivity index is 2.29. The summed E-state index contributed by atoms with van der Waals surface area (Å²) >= 11 is 0. The third kappa shape index (κ3) is 2.25. The minimum absolute atomic E-state index is 0.315. The molecular formula is C13H21BN2O2. The molecule has 0 saturated carbocycles. The highest BCUT2D eigenvalue weighted by Gasteiger charge is 2.52. The maximum Gasteiger partial charge on any atom is 0.497 e. The Labute approximate surface area is 109 Å². The lowest BCUT2D eigenvalue weighted by molar-refractivity contribution is 0.00578. The van der Waals surface area contributed by atoms with Gasteiger partial charge in [-0.2, -0.15) is 0 Å². The Morgan fingerprint density at radius 3 is 2.39 bits per heavy atom. The molecule has 0 radical (unpaired) electrons. The molecule has 2 rings (SSSR count). The molecule has 1 N–H and O–H groups in total. The highest BCUT2D eigenvalue weighted by Crippen LogP contribution is 2.36. The maximum absolute atomic E-state index is 6.05. The second-order valence-corrected chi connectivity index (χ2v) is 5.58. The van der Waals surface area contributed by atoms with Crippen molar-refractivity contribution in [1.29, 1.82) is 0 Å². The maximum atomic E-state index is 6.05. The van der Waals surface area contributed by atoms with E-state index in [0.717, 1.165) is 17.7 Å². The van der Waals surface area contributed by atoms with Gasteiger partial charge in [0.25, 0.3) is 0 Å². The van der Waals surface area contributed by atoms with E-state index in [1.807, 2.05) is 12.3 Å². The van der Waals surface area contributed by atoms with E-state index in [9.17, 15) is 0 Å². The average Bonchev–Trinajstić information content (AvgIpc) is 2.49. The molecule has 0 amide bonds. The SMILES string of the molecule is CCNc1cnccc1B1OC(C)(C)C(C)(C)O1. The van der Waals surface area contributed by atoms with Crippen molar-refractivity contribution in [3.8, 4) is 0 Å². The largest absolute Gasteiger partial charge is 0.497 e. The third-order valence-electron chi connectivity index (χ3n) is 3.73. The number of nitrogens with zero attached hydrogens (tertiary/aromatic N) is 1. The lowest BCUT2D eigenvalue weighted by atomic mass is 9.78. The van der Waals surface area contributed by atoms with Crippen molar-refractivity contribution in [2.45, 2.75) is 45.8 Å². The summed E-state index contributed by atoms with van der Waals surface area (Å²) < 4.78 is 12.1. The molecule has 4 nitrogen and oxygen atoms in total. The molecular weight excluding hydrogens is 227 g/mol. The van der Waals surface area contributed by atoms with E-state index in [-0.39, 0.29) is 18.3 Å². The quantitative estimate of drug-likeness (QED) is 0.828. The molecule has 98 valence electrons. The van der Waals surface area contributed by atoms with Crippen LogP contribution >= 0.6 is 0 Å². The molecule has 0 aliphatic carbocycles. The number of nitrogens with one attached hydrogen (secondary N) is 1. The van der Waals surface area contributed by atoms with Gasteiger partial charge in [0.05, 0.1) is 16.9 Å². The van der Waals surface area contributed by atoms with Gasteiger partial charge in [0, 0.05) is 24.4 Å². The molecule has 1 aromatic heterocycles. The first-order chi connectivity index (χ1) is 8.37. The first-order valence-electron chi connectivity index (χ1n) is 6.41. The second kappa shape index (κ2) is 4.55. The van der Waals surface area contributed by atoms with Gasteiger partial charge < -0.3 is 14.6 Å². The molecule has 1 saturated heterocycles. The van der Waals surface area contributed by atoms with Crippen LogP contribution in [0, 0.1) is 0 Å². The van der Waals surface area contributed by atoms with Crippen LogP contribution in [0.4, 0.5) is 5.69 Å². The van der Waals surface area contributed by atoms with Crippen molar-refractivity contribution in [2.24, 2.45) is 0 Å². The zero-order chi connectivity index (χ0) is 13.4. The van der Waals surface area contributed by atoms with E-state index in [2.05, 4.69) is 44.9 Å². The van der Waals surface area contributed by atoms with E-state index in [4.69, 9.17) is 9.31 Å². The molecule has 0 spiro atoms. The fraction of sp³-hybridized carbons (Fsp3) is 0.615. The molecule has 1 fully saturated rings. The Morgan fingerprint density at radius 1 is 1.22 bits per heavy atom. The van der Waals surface area contributed by atoms with Crippen LogP contribution in [0.15, 0.2) is 18.5 Å². The molecule has 0 atom stereocenters. The van der Waals surface area contributed by atoms with Gasteiger partial charge in [-0.15, -0.1) is 0 Å². The molecule has 1 aliphatic rings. The van der Waals surface area contributed by atoms with Gasteiger partial charge in [0.1, 0.15) is 0 Å². The van der Waals surface area contributed by atoms with Crippen LogP contribution in [0.2, 0.25) is 0 Å². The Kier molecular flexibility index (Phi) is 3.38. The van der Waals surface area contributed by atoms with Gasteiger partial charge in [-0.25, -0.2) is 0 Å². The summed E-state index contributed by atoms with van der Waals surface area (Å²) in [6.45, 7) is 11.1. The van der Waals surface area contributed by atoms with Crippen LogP contribution in [-0.2, 0) is 9.31 Å². The summed E-state index contributed by atoms with van der Waals surface area (Å²) in [6, 6.07) is 1.94. The predicted octanol–water partition coefficient (Wildman–Crippen LogP) is 1.81. The van der Waals surface area contributed by atoms with Crippen molar-refractivity contribution >= 4 is 18.3 Å². The molecule has 1 aromatic rings. The van der Waals surface area contributed by atoms with E-state index in [0.29, 0.717) is 0 Å². The minimum atomic E-state index is -0.341. The fourth-order valence-electron chi connectivity index (χ4n) is 1.92. The van der Waals surface area contributed by atoms with Crippen LogP contribution in [0.3, 0.4) is 0 Å². The smallest absolute Gasteiger partial charge is 0.399 e. The molecule has 1 aliphatic heterocycles. The monoisotopic (exact) mass is 248 g/mol. The van der Waals surface area contributed by atoms with Gasteiger partial charge in [-0.3, -0.25) is 4.98 Å². The first kappa shape index (κ1) is 13.4. The normalized spacial score (nSPS) is 21.1. The van der Waals surface area contributed by atoms with E-state index < -0.39 is 0 Å². The number of aromatic nitrogens is 1. The van der Waals surface area contributed by atoms with Gasteiger partial charge in [0.2, 0.25) is 0 Å². The van der Waals surface area contributed by atoms with E-state index in [1.54, 1.807) is 6.20 Å². The van der Waals surface area contributed by atoms with Crippen LogP contribution in [0.25, 0.3) is 0 Å². The summed E-state index contributed by atoms with van der Waals surface area (Å²) in [5.74, 6) is 0. The van der Waals surface area contributed by atoms with Crippen molar-refractivity contribution in [3.63, 3.8) is 0 Å². The van der Waals surface area contributed by atoms with Crippen molar-refractivity contribution in [1.82, 2.24) is 4.98 Å². The Hall–Kier alpha value is -1.07. The average molecular weight is 248 g/mol. The lowest BCUT2D eigenvalue weighted by Gasteiger charge is -2.32. The number of hydrogen-bond donors (Lipinski definition) is 1. The highest BCUT2D eigenvalue weighted by atomic mass is 16.7. The summed E-state index contributed by atoms with van der Waals surface area (Å²) in [5.41, 5.74) is 1.35. The Bertz CT molecular complexity index is 419. The number of rotatable bonds is 3. The zero-order valence-electron chi connectivity index (χ0n) is 11.8. The number of pyridine rings is 1. The van der Waals surface area contributed by atoms with Crippen LogP contribution in [0.5, 0.6) is 0 Å².